The molecule has 0 saturated heterocycles. The fraction of sp³-hybridized carbons (Fsp3) is 0.444. The van der Waals surface area contributed by atoms with Crippen LogP contribution in [0.15, 0.2) is 27.9 Å². The standard InChI is InChI=1S/C18H23BrN2O4S/c1-9-13(16(22)25-18(2,3)4)14(21-17(26)20-9)10-7-11(19)15(24-6)12(8-10)23-5/h7-8,14H,1-6H3,(H2,20,21,26)/t14-/m1/s1. The van der Waals surface area contributed by atoms with Crippen LogP contribution >= 0.6 is 28.1 Å². The molecule has 0 saturated carbocycles. The third kappa shape index (κ3) is 4.48. The molecule has 8 heteroatoms. The van der Waals surface area contributed by atoms with Gasteiger partial charge in [-0.15, -0.1) is 0 Å². The molecule has 0 bridgehead atoms. The van der Waals surface area contributed by atoms with Gasteiger partial charge in [0, 0.05) is 5.70 Å². The van der Waals surface area contributed by atoms with Crippen molar-refractivity contribution in [3.05, 3.63) is 33.4 Å². The molecule has 142 valence electrons. The van der Waals surface area contributed by atoms with Crippen molar-refractivity contribution in [2.45, 2.75) is 39.3 Å². The highest BCUT2D eigenvalue weighted by molar-refractivity contribution is 9.10. The Bertz CT molecular complexity index is 771. The maximum Gasteiger partial charge on any atom is 0.338 e. The molecule has 0 spiro atoms. The number of esters is 1. The topological polar surface area (TPSA) is 68.8 Å². The van der Waals surface area contributed by atoms with Gasteiger partial charge in [-0.2, -0.15) is 0 Å². The maximum atomic E-state index is 12.8. The predicted molar refractivity (Wildman–Crippen MR) is 107 cm³/mol. The zero-order valence-corrected chi connectivity index (χ0v) is 18.1. The van der Waals surface area contributed by atoms with E-state index < -0.39 is 17.6 Å². The minimum Gasteiger partial charge on any atom is -0.493 e. The molecular weight excluding hydrogens is 420 g/mol. The minimum absolute atomic E-state index is 0.409. The zero-order valence-electron chi connectivity index (χ0n) is 15.7. The Labute approximate surface area is 167 Å². The number of benzene rings is 1. The van der Waals surface area contributed by atoms with Gasteiger partial charge in [0.1, 0.15) is 5.60 Å². The predicted octanol–water partition coefficient (Wildman–Crippen LogP) is 3.60. The molecule has 1 aromatic rings. The molecule has 0 unspecified atom stereocenters. The summed E-state index contributed by atoms with van der Waals surface area (Å²) in [7, 11) is 3.13. The van der Waals surface area contributed by atoms with E-state index in [1.165, 1.54) is 0 Å². The van der Waals surface area contributed by atoms with Crippen molar-refractivity contribution in [2.24, 2.45) is 0 Å². The van der Waals surface area contributed by atoms with Crippen molar-refractivity contribution in [3.8, 4) is 11.5 Å². The van der Waals surface area contributed by atoms with Crippen LogP contribution in [-0.2, 0) is 9.53 Å². The van der Waals surface area contributed by atoms with Crippen LogP contribution in [0.5, 0.6) is 11.5 Å². The highest BCUT2D eigenvalue weighted by atomic mass is 79.9. The summed E-state index contributed by atoms with van der Waals surface area (Å²) in [6.45, 7) is 7.29. The zero-order chi connectivity index (χ0) is 19.6. The highest BCUT2D eigenvalue weighted by Gasteiger charge is 2.33. The van der Waals surface area contributed by atoms with Crippen LogP contribution in [0.1, 0.15) is 39.3 Å². The van der Waals surface area contributed by atoms with Crippen molar-refractivity contribution < 1.29 is 19.0 Å². The Kier molecular flexibility index (Phi) is 6.18. The average molecular weight is 443 g/mol. The summed E-state index contributed by atoms with van der Waals surface area (Å²) in [5, 5.41) is 6.57. The molecule has 2 N–H and O–H groups in total. The van der Waals surface area contributed by atoms with Crippen LogP contribution < -0.4 is 20.1 Å². The Morgan fingerprint density at radius 2 is 1.88 bits per heavy atom. The van der Waals surface area contributed by atoms with E-state index in [4.69, 9.17) is 26.4 Å². The molecule has 1 atom stereocenters. The first-order valence-electron chi connectivity index (χ1n) is 8.00. The lowest BCUT2D eigenvalue weighted by atomic mass is 9.95. The van der Waals surface area contributed by atoms with Crippen LogP contribution in [0.25, 0.3) is 0 Å². The lowest BCUT2D eigenvalue weighted by Crippen LogP contribution is -2.45. The molecular formula is C18H23BrN2O4S. The van der Waals surface area contributed by atoms with Gasteiger partial charge in [0.05, 0.1) is 30.3 Å². The molecule has 0 aliphatic carbocycles. The van der Waals surface area contributed by atoms with Gasteiger partial charge in [-0.1, -0.05) is 0 Å². The Hall–Kier alpha value is -1.80. The van der Waals surface area contributed by atoms with Crippen molar-refractivity contribution >= 4 is 39.2 Å². The van der Waals surface area contributed by atoms with E-state index in [1.54, 1.807) is 21.1 Å². The molecule has 2 rings (SSSR count). The normalized spacial score (nSPS) is 17.3. The molecule has 0 radical (unpaired) electrons. The number of carbonyl (C=O) groups excluding carboxylic acids is 1. The van der Waals surface area contributed by atoms with Crippen LogP contribution in [-0.4, -0.2) is 30.9 Å². The molecule has 26 heavy (non-hydrogen) atoms. The second kappa shape index (κ2) is 7.84. The van der Waals surface area contributed by atoms with E-state index in [1.807, 2.05) is 32.9 Å². The van der Waals surface area contributed by atoms with E-state index in [-0.39, 0.29) is 0 Å². The number of carbonyl (C=O) groups is 1. The molecule has 0 amide bonds. The van der Waals surface area contributed by atoms with Crippen molar-refractivity contribution in [3.63, 3.8) is 0 Å². The first kappa shape index (κ1) is 20.5. The number of allylic oxidation sites excluding steroid dienone is 1. The van der Waals surface area contributed by atoms with Gasteiger partial charge >= 0.3 is 5.97 Å². The number of hydrogen-bond acceptors (Lipinski definition) is 5. The average Bonchev–Trinajstić information content (AvgIpc) is 2.51. The lowest BCUT2D eigenvalue weighted by Gasteiger charge is -2.32. The number of ether oxygens (including phenoxy) is 3. The van der Waals surface area contributed by atoms with Crippen molar-refractivity contribution in [1.82, 2.24) is 10.6 Å². The van der Waals surface area contributed by atoms with Crippen molar-refractivity contribution in [1.29, 1.82) is 0 Å². The van der Waals surface area contributed by atoms with Gasteiger partial charge in [-0.3, -0.25) is 0 Å². The minimum atomic E-state index is -0.606. The molecule has 0 fully saturated rings. The van der Waals surface area contributed by atoms with E-state index in [0.29, 0.717) is 32.4 Å². The largest absolute Gasteiger partial charge is 0.493 e. The summed E-state index contributed by atoms with van der Waals surface area (Å²) in [6.07, 6.45) is 0. The van der Waals surface area contributed by atoms with Crippen LogP contribution in [0.3, 0.4) is 0 Å². The first-order valence-corrected chi connectivity index (χ1v) is 9.20. The van der Waals surface area contributed by atoms with Gasteiger partial charge in [0.15, 0.2) is 16.6 Å². The van der Waals surface area contributed by atoms with E-state index >= 15 is 0 Å². The van der Waals surface area contributed by atoms with Gasteiger partial charge in [0.25, 0.3) is 0 Å². The quantitative estimate of drug-likeness (QED) is 0.545. The van der Waals surface area contributed by atoms with Gasteiger partial charge in [0.2, 0.25) is 0 Å². The summed E-state index contributed by atoms with van der Waals surface area (Å²) < 4.78 is 17.1. The Morgan fingerprint density at radius 3 is 2.42 bits per heavy atom. The lowest BCUT2D eigenvalue weighted by molar-refractivity contribution is -0.150. The maximum absolute atomic E-state index is 12.8. The van der Waals surface area contributed by atoms with E-state index in [9.17, 15) is 4.79 Å². The molecule has 1 aliphatic rings. The smallest absolute Gasteiger partial charge is 0.338 e. The SMILES string of the molecule is COc1cc([C@H]2NC(=S)NC(C)=C2C(=O)OC(C)(C)C)cc(Br)c1OC. The van der Waals surface area contributed by atoms with E-state index in [0.717, 1.165) is 5.56 Å². The summed E-state index contributed by atoms with van der Waals surface area (Å²) in [5.74, 6) is 0.713. The molecule has 1 aliphatic heterocycles. The number of hydrogen-bond donors (Lipinski definition) is 2. The second-order valence-corrected chi connectivity index (χ2v) is 8.07. The molecule has 1 aromatic carbocycles. The third-order valence-corrected chi connectivity index (χ3v) is 4.49. The Balaban J connectivity index is 2.54. The third-order valence-electron chi connectivity index (χ3n) is 3.68. The van der Waals surface area contributed by atoms with Crippen molar-refractivity contribution in [2.75, 3.05) is 14.2 Å². The first-order chi connectivity index (χ1) is 12.1. The number of halogens is 1. The fourth-order valence-electron chi connectivity index (χ4n) is 2.65. The number of rotatable bonds is 4. The number of thiocarbonyl (C=S) groups is 1. The molecule has 1 heterocycles. The Morgan fingerprint density at radius 1 is 1.23 bits per heavy atom. The summed E-state index contributed by atoms with van der Waals surface area (Å²) in [4.78, 5) is 12.8. The van der Waals surface area contributed by atoms with Gasteiger partial charge < -0.3 is 24.8 Å². The fourth-order valence-corrected chi connectivity index (χ4v) is 3.54. The molecule has 6 nitrogen and oxygen atoms in total. The second-order valence-electron chi connectivity index (χ2n) is 6.81. The number of methoxy groups -OCH3 is 2. The summed E-state index contributed by atoms with van der Waals surface area (Å²) in [5.41, 5.74) is 1.30. The summed E-state index contributed by atoms with van der Waals surface area (Å²) in [6, 6.07) is 3.20. The van der Waals surface area contributed by atoms with Crippen LogP contribution in [0.2, 0.25) is 0 Å². The van der Waals surface area contributed by atoms with Gasteiger partial charge in [-0.05, 0) is 73.5 Å². The summed E-state index contributed by atoms with van der Waals surface area (Å²) >= 11 is 8.76. The van der Waals surface area contributed by atoms with E-state index in [2.05, 4.69) is 26.6 Å². The van der Waals surface area contributed by atoms with Gasteiger partial charge in [-0.25, -0.2) is 4.79 Å². The highest BCUT2D eigenvalue weighted by Crippen LogP contribution is 2.40. The van der Waals surface area contributed by atoms with Crippen LogP contribution in [0, 0.1) is 0 Å². The monoisotopic (exact) mass is 442 g/mol. The van der Waals surface area contributed by atoms with Crippen LogP contribution in [0.4, 0.5) is 0 Å². The number of nitrogens with one attached hydrogen (secondary N) is 2. The molecule has 0 aromatic heterocycles.